The van der Waals surface area contributed by atoms with E-state index in [2.05, 4.69) is 13.8 Å². The molecule has 3 nitrogen and oxygen atoms in total. The van der Waals surface area contributed by atoms with Crippen LogP contribution in [-0.4, -0.2) is 10.6 Å². The van der Waals surface area contributed by atoms with Crippen molar-refractivity contribution in [3.05, 3.63) is 34.2 Å². The maximum absolute atomic E-state index is 11.7. The summed E-state index contributed by atoms with van der Waals surface area (Å²) in [6, 6.07) is 3.77. The molecular weight excluding hydrogens is 188 g/mol. The third-order valence-electron chi connectivity index (χ3n) is 2.99. The highest BCUT2D eigenvalue weighted by Gasteiger charge is 2.11. The molecule has 0 aliphatic heterocycles. The van der Waals surface area contributed by atoms with Crippen molar-refractivity contribution in [1.29, 1.82) is 0 Å². The Morgan fingerprint density at radius 3 is 2.80 bits per heavy atom. The molecule has 1 rings (SSSR count). The predicted octanol–water partition coefficient (Wildman–Crippen LogP) is 1.53. The van der Waals surface area contributed by atoms with Gasteiger partial charge in [0.1, 0.15) is 0 Å². The van der Waals surface area contributed by atoms with E-state index in [0.717, 1.165) is 12.0 Å². The van der Waals surface area contributed by atoms with Crippen molar-refractivity contribution >= 4 is 0 Å². The van der Waals surface area contributed by atoms with Crippen LogP contribution in [0.2, 0.25) is 0 Å². The Bertz CT molecular complexity index is 370. The lowest BCUT2D eigenvalue weighted by molar-refractivity contribution is 0.392. The summed E-state index contributed by atoms with van der Waals surface area (Å²) in [6.07, 6.45) is 2.85. The smallest absolute Gasteiger partial charge is 0.253 e. The second-order valence-electron chi connectivity index (χ2n) is 4.20. The number of rotatable bonds is 4. The molecule has 2 N–H and O–H groups in total. The first-order valence-electron chi connectivity index (χ1n) is 5.48. The maximum atomic E-state index is 11.7. The van der Waals surface area contributed by atoms with E-state index in [-0.39, 0.29) is 11.6 Å². The van der Waals surface area contributed by atoms with Gasteiger partial charge in [-0.15, -0.1) is 0 Å². The van der Waals surface area contributed by atoms with Gasteiger partial charge in [0, 0.05) is 24.3 Å². The lowest BCUT2D eigenvalue weighted by atomic mass is 10.00. The molecule has 15 heavy (non-hydrogen) atoms. The second-order valence-corrected chi connectivity index (χ2v) is 4.20. The van der Waals surface area contributed by atoms with Gasteiger partial charge in [-0.25, -0.2) is 0 Å². The molecule has 0 fully saturated rings. The van der Waals surface area contributed by atoms with Gasteiger partial charge in [-0.05, 0) is 18.9 Å². The highest BCUT2D eigenvalue weighted by Crippen LogP contribution is 2.06. The Morgan fingerprint density at radius 2 is 2.20 bits per heavy atom. The molecule has 2 atom stereocenters. The Labute approximate surface area is 90.9 Å². The monoisotopic (exact) mass is 208 g/mol. The summed E-state index contributed by atoms with van der Waals surface area (Å²) in [5.74, 6) is 0.442. The van der Waals surface area contributed by atoms with Crippen LogP contribution >= 0.6 is 0 Å². The number of pyridine rings is 1. The molecule has 3 heteroatoms. The average molecular weight is 208 g/mol. The number of nitrogens with two attached hydrogens (primary N) is 1. The third-order valence-corrected chi connectivity index (χ3v) is 2.99. The minimum Gasteiger partial charge on any atom is -0.326 e. The molecule has 1 heterocycles. The fourth-order valence-corrected chi connectivity index (χ4v) is 1.51. The van der Waals surface area contributed by atoms with Crippen molar-refractivity contribution in [2.24, 2.45) is 11.7 Å². The average Bonchev–Trinajstić information content (AvgIpc) is 2.23. The van der Waals surface area contributed by atoms with Crippen molar-refractivity contribution in [1.82, 2.24) is 4.57 Å². The van der Waals surface area contributed by atoms with E-state index in [1.165, 1.54) is 0 Å². The quantitative estimate of drug-likeness (QED) is 0.815. The number of hydrogen-bond donors (Lipinski definition) is 1. The van der Waals surface area contributed by atoms with Crippen LogP contribution in [0.3, 0.4) is 0 Å². The molecule has 1 aromatic rings. The molecule has 0 aromatic carbocycles. The van der Waals surface area contributed by atoms with Crippen LogP contribution in [0.15, 0.2) is 23.1 Å². The zero-order valence-electron chi connectivity index (χ0n) is 9.73. The number of aromatic nitrogens is 1. The summed E-state index contributed by atoms with van der Waals surface area (Å²) >= 11 is 0. The van der Waals surface area contributed by atoms with Crippen molar-refractivity contribution in [2.45, 2.75) is 39.8 Å². The minimum absolute atomic E-state index is 0.0505. The molecule has 0 saturated heterocycles. The molecule has 2 unspecified atom stereocenters. The maximum Gasteiger partial charge on any atom is 0.253 e. The molecule has 0 aliphatic rings. The zero-order chi connectivity index (χ0) is 11.4. The molecule has 0 bridgehead atoms. The normalized spacial score (nSPS) is 14.9. The first kappa shape index (κ1) is 12.0. The summed E-state index contributed by atoms with van der Waals surface area (Å²) in [7, 11) is 0. The van der Waals surface area contributed by atoms with Gasteiger partial charge in [-0.1, -0.05) is 26.3 Å². The number of nitrogens with zero attached hydrogens (tertiary/aromatic N) is 1. The van der Waals surface area contributed by atoms with Crippen molar-refractivity contribution in [3.8, 4) is 0 Å². The van der Waals surface area contributed by atoms with Gasteiger partial charge in [0.05, 0.1) is 0 Å². The van der Waals surface area contributed by atoms with Gasteiger partial charge >= 0.3 is 0 Å². The molecular formula is C12H20N2O. The molecule has 84 valence electrons. The summed E-state index contributed by atoms with van der Waals surface area (Å²) in [5, 5.41) is 0. The van der Waals surface area contributed by atoms with Gasteiger partial charge in [-0.2, -0.15) is 0 Å². The van der Waals surface area contributed by atoms with Crippen LogP contribution < -0.4 is 11.3 Å². The molecule has 0 radical (unpaired) electrons. The van der Waals surface area contributed by atoms with E-state index in [1.807, 2.05) is 19.1 Å². The summed E-state index contributed by atoms with van der Waals surface area (Å²) in [4.78, 5) is 11.7. The Hall–Kier alpha value is -1.09. The van der Waals surface area contributed by atoms with Crippen molar-refractivity contribution in [2.75, 3.05) is 0 Å². The Balaban J connectivity index is 2.81. The van der Waals surface area contributed by atoms with E-state index in [0.29, 0.717) is 12.5 Å². The predicted molar refractivity (Wildman–Crippen MR) is 62.9 cm³/mol. The van der Waals surface area contributed by atoms with E-state index >= 15 is 0 Å². The molecule has 1 aromatic heterocycles. The van der Waals surface area contributed by atoms with E-state index in [4.69, 9.17) is 5.73 Å². The molecule has 0 spiro atoms. The van der Waals surface area contributed by atoms with Gasteiger partial charge in [0.2, 0.25) is 0 Å². The number of aryl methyl sites for hydroxylation is 1. The van der Waals surface area contributed by atoms with Gasteiger partial charge in [0.25, 0.3) is 5.56 Å². The van der Waals surface area contributed by atoms with Crippen LogP contribution in [-0.2, 0) is 6.54 Å². The minimum atomic E-state index is 0.0505. The SMILES string of the molecule is CCC(C)C(N)Cn1cccc(C)c1=O. The van der Waals surface area contributed by atoms with E-state index in [1.54, 1.807) is 10.8 Å². The summed E-state index contributed by atoms with van der Waals surface area (Å²) in [6.45, 7) is 6.66. The van der Waals surface area contributed by atoms with Crippen LogP contribution in [0.5, 0.6) is 0 Å². The van der Waals surface area contributed by atoms with E-state index in [9.17, 15) is 4.79 Å². The second kappa shape index (κ2) is 5.12. The van der Waals surface area contributed by atoms with Crippen LogP contribution in [0.1, 0.15) is 25.8 Å². The van der Waals surface area contributed by atoms with Crippen LogP contribution in [0.4, 0.5) is 0 Å². The lowest BCUT2D eigenvalue weighted by Gasteiger charge is -2.19. The topological polar surface area (TPSA) is 48.0 Å². The third kappa shape index (κ3) is 2.93. The van der Waals surface area contributed by atoms with Gasteiger partial charge in [0.15, 0.2) is 0 Å². The van der Waals surface area contributed by atoms with Crippen molar-refractivity contribution in [3.63, 3.8) is 0 Å². The van der Waals surface area contributed by atoms with E-state index < -0.39 is 0 Å². The number of hydrogen-bond acceptors (Lipinski definition) is 2. The Morgan fingerprint density at radius 1 is 1.53 bits per heavy atom. The first-order valence-corrected chi connectivity index (χ1v) is 5.48. The largest absolute Gasteiger partial charge is 0.326 e. The molecule has 0 saturated carbocycles. The van der Waals surface area contributed by atoms with Crippen LogP contribution in [0.25, 0.3) is 0 Å². The summed E-state index contributed by atoms with van der Waals surface area (Å²) < 4.78 is 1.70. The molecule has 0 amide bonds. The van der Waals surface area contributed by atoms with Gasteiger partial charge < -0.3 is 10.3 Å². The van der Waals surface area contributed by atoms with Crippen LogP contribution in [0, 0.1) is 12.8 Å². The zero-order valence-corrected chi connectivity index (χ0v) is 9.73. The lowest BCUT2D eigenvalue weighted by Crippen LogP contribution is -2.36. The first-order chi connectivity index (χ1) is 7.06. The van der Waals surface area contributed by atoms with Gasteiger partial charge in [-0.3, -0.25) is 4.79 Å². The summed E-state index contributed by atoms with van der Waals surface area (Å²) in [5.41, 5.74) is 6.86. The fourth-order valence-electron chi connectivity index (χ4n) is 1.51. The standard InChI is InChI=1S/C12H20N2O/c1-4-9(2)11(13)8-14-7-5-6-10(3)12(14)15/h5-7,9,11H,4,8,13H2,1-3H3. The fraction of sp³-hybridized carbons (Fsp3) is 0.583. The Kier molecular flexibility index (Phi) is 4.09. The highest BCUT2D eigenvalue weighted by molar-refractivity contribution is 5.07. The van der Waals surface area contributed by atoms with Crippen molar-refractivity contribution < 1.29 is 0 Å². The highest BCUT2D eigenvalue weighted by atomic mass is 16.1. The molecule has 0 aliphatic carbocycles.